The van der Waals surface area contributed by atoms with Crippen LogP contribution in [-0.4, -0.2) is 11.8 Å². The molecule has 1 aliphatic rings. The molecule has 0 aromatic heterocycles. The number of aryl methyl sites for hydroxylation is 1. The smallest absolute Gasteiger partial charge is 0.0169 e. The van der Waals surface area contributed by atoms with Crippen LogP contribution in [0.2, 0.25) is 0 Å². The van der Waals surface area contributed by atoms with Gasteiger partial charge >= 0.3 is 0 Å². The zero-order valence-corrected chi connectivity index (χ0v) is 13.6. The molecule has 0 aliphatic heterocycles. The Morgan fingerprint density at radius 3 is 2.47 bits per heavy atom. The molecule has 0 saturated heterocycles. The maximum Gasteiger partial charge on any atom is -0.0169 e. The van der Waals surface area contributed by atoms with E-state index in [1.54, 1.807) is 5.30 Å². The van der Waals surface area contributed by atoms with Crippen LogP contribution in [-0.2, 0) is 0 Å². The summed E-state index contributed by atoms with van der Waals surface area (Å²) in [6, 6.07) is 9.18. The van der Waals surface area contributed by atoms with Crippen LogP contribution in [0.25, 0.3) is 0 Å². The van der Waals surface area contributed by atoms with E-state index in [0.717, 1.165) is 5.66 Å². The first kappa shape index (κ1) is 15.0. The Balaban J connectivity index is 2.10. The molecule has 1 aromatic carbocycles. The predicted octanol–water partition coefficient (Wildman–Crippen LogP) is 5.63. The lowest BCUT2D eigenvalue weighted by Gasteiger charge is -2.32. The molecule has 0 bridgehead atoms. The van der Waals surface area contributed by atoms with Crippen molar-refractivity contribution in [2.75, 3.05) is 6.16 Å². The van der Waals surface area contributed by atoms with Gasteiger partial charge in [-0.1, -0.05) is 71.2 Å². The average molecular weight is 276 g/mol. The summed E-state index contributed by atoms with van der Waals surface area (Å²) >= 11 is 0. The van der Waals surface area contributed by atoms with Gasteiger partial charge in [-0.15, -0.1) is 0 Å². The summed E-state index contributed by atoms with van der Waals surface area (Å²) in [5.41, 5.74) is 2.55. The molecular weight excluding hydrogens is 247 g/mol. The molecule has 106 valence electrons. The van der Waals surface area contributed by atoms with Crippen LogP contribution in [0, 0.1) is 6.92 Å². The normalized spacial score (nSPS) is 18.4. The molecule has 0 radical (unpaired) electrons. The summed E-state index contributed by atoms with van der Waals surface area (Å²) in [4.78, 5) is 0. The lowest BCUT2D eigenvalue weighted by molar-refractivity contribution is 0.511. The van der Waals surface area contributed by atoms with Crippen LogP contribution < -0.4 is 5.30 Å². The third kappa shape index (κ3) is 4.32. The Hall–Kier alpha value is -0.350. The Labute approximate surface area is 120 Å². The monoisotopic (exact) mass is 276 g/mol. The molecule has 1 heteroatoms. The molecule has 0 spiro atoms. The summed E-state index contributed by atoms with van der Waals surface area (Å²) in [6.45, 7) is 4.63. The Morgan fingerprint density at radius 1 is 1.05 bits per heavy atom. The minimum atomic E-state index is 0.0936. The van der Waals surface area contributed by atoms with Crippen LogP contribution in [0.5, 0.6) is 0 Å². The average Bonchev–Trinajstić information content (AvgIpc) is 2.46. The molecule has 0 heterocycles. The van der Waals surface area contributed by atoms with Crippen molar-refractivity contribution in [3.05, 3.63) is 29.8 Å². The number of benzene rings is 1. The van der Waals surface area contributed by atoms with Gasteiger partial charge in [-0.3, -0.25) is 0 Å². The van der Waals surface area contributed by atoms with Gasteiger partial charge in [0.15, 0.2) is 0 Å². The second-order valence-corrected chi connectivity index (χ2v) is 8.58. The minimum Gasteiger partial charge on any atom is -0.0719 e. The van der Waals surface area contributed by atoms with E-state index in [1.807, 2.05) is 0 Å². The van der Waals surface area contributed by atoms with E-state index in [9.17, 15) is 0 Å². The Morgan fingerprint density at radius 2 is 1.79 bits per heavy atom. The molecule has 0 nitrogen and oxygen atoms in total. The maximum atomic E-state index is 2.42. The van der Waals surface area contributed by atoms with Crippen molar-refractivity contribution in [3.63, 3.8) is 0 Å². The quantitative estimate of drug-likeness (QED) is 0.467. The maximum absolute atomic E-state index is 2.42. The van der Waals surface area contributed by atoms with E-state index >= 15 is 0 Å². The van der Waals surface area contributed by atoms with Crippen molar-refractivity contribution in [1.29, 1.82) is 0 Å². The first-order chi connectivity index (χ1) is 9.33. The van der Waals surface area contributed by atoms with E-state index in [0.29, 0.717) is 0 Å². The standard InChI is InChI=1S/C18H29P/c1-3-4-10-15-19(17-12-6-5-7-13-17)18-14-9-8-11-16(18)2/h8-9,11,14,17H,3-7,10,12-13,15H2,1-2H3. The van der Waals surface area contributed by atoms with E-state index in [4.69, 9.17) is 0 Å². The molecule has 19 heavy (non-hydrogen) atoms. The van der Waals surface area contributed by atoms with Gasteiger partial charge in [0.1, 0.15) is 0 Å². The van der Waals surface area contributed by atoms with Crippen molar-refractivity contribution in [3.8, 4) is 0 Å². The molecular formula is C18H29P. The van der Waals surface area contributed by atoms with E-state index in [1.165, 1.54) is 63.1 Å². The molecule has 1 atom stereocenters. The minimum absolute atomic E-state index is 0.0936. The molecule has 2 rings (SSSR count). The molecule has 1 fully saturated rings. The zero-order valence-electron chi connectivity index (χ0n) is 12.7. The number of hydrogen-bond donors (Lipinski definition) is 0. The molecule has 1 saturated carbocycles. The number of hydrogen-bond acceptors (Lipinski definition) is 0. The van der Waals surface area contributed by atoms with Gasteiger partial charge in [-0.05, 0) is 48.9 Å². The fourth-order valence-corrected chi connectivity index (χ4v) is 6.67. The summed E-state index contributed by atoms with van der Waals surface area (Å²) < 4.78 is 0. The fraction of sp³-hybridized carbons (Fsp3) is 0.667. The van der Waals surface area contributed by atoms with Crippen LogP contribution in [0.1, 0.15) is 63.9 Å². The van der Waals surface area contributed by atoms with Gasteiger partial charge in [0.25, 0.3) is 0 Å². The lowest BCUT2D eigenvalue weighted by atomic mass is 10.0. The fourth-order valence-electron chi connectivity index (χ4n) is 3.31. The molecule has 0 amide bonds. The van der Waals surface area contributed by atoms with Crippen molar-refractivity contribution < 1.29 is 0 Å². The number of rotatable bonds is 6. The highest BCUT2D eigenvalue weighted by atomic mass is 31.1. The van der Waals surface area contributed by atoms with Gasteiger partial charge in [-0.25, -0.2) is 0 Å². The second-order valence-electron chi connectivity index (χ2n) is 5.98. The lowest BCUT2D eigenvalue weighted by Crippen LogP contribution is -2.20. The first-order valence-corrected chi connectivity index (χ1v) is 9.75. The Kier molecular flexibility index (Phi) is 6.38. The van der Waals surface area contributed by atoms with Gasteiger partial charge < -0.3 is 0 Å². The van der Waals surface area contributed by atoms with Crippen LogP contribution >= 0.6 is 7.92 Å². The molecule has 1 aliphatic carbocycles. The van der Waals surface area contributed by atoms with Crippen molar-refractivity contribution >= 4 is 13.2 Å². The highest BCUT2D eigenvalue weighted by Gasteiger charge is 2.24. The summed E-state index contributed by atoms with van der Waals surface area (Å²) in [6.07, 6.45) is 13.1. The summed E-state index contributed by atoms with van der Waals surface area (Å²) in [7, 11) is 0.0936. The van der Waals surface area contributed by atoms with Crippen LogP contribution in [0.15, 0.2) is 24.3 Å². The predicted molar refractivity (Wildman–Crippen MR) is 89.0 cm³/mol. The SMILES string of the molecule is CCCCCP(c1ccccc1C)C1CCCCC1. The second kappa shape index (κ2) is 8.05. The van der Waals surface area contributed by atoms with Gasteiger partial charge in [0, 0.05) is 0 Å². The number of unbranched alkanes of at least 4 members (excludes halogenated alkanes) is 2. The van der Waals surface area contributed by atoms with Gasteiger partial charge in [0.2, 0.25) is 0 Å². The van der Waals surface area contributed by atoms with Crippen LogP contribution in [0.4, 0.5) is 0 Å². The van der Waals surface area contributed by atoms with Gasteiger partial charge in [0.05, 0.1) is 0 Å². The topological polar surface area (TPSA) is 0 Å². The highest BCUT2D eigenvalue weighted by molar-refractivity contribution is 7.66. The van der Waals surface area contributed by atoms with Crippen molar-refractivity contribution in [2.45, 2.75) is 70.9 Å². The zero-order chi connectivity index (χ0) is 13.5. The van der Waals surface area contributed by atoms with Crippen molar-refractivity contribution in [2.24, 2.45) is 0 Å². The molecule has 1 unspecified atom stereocenters. The molecule has 1 aromatic rings. The van der Waals surface area contributed by atoms with Crippen LogP contribution in [0.3, 0.4) is 0 Å². The molecule has 0 N–H and O–H groups in total. The first-order valence-electron chi connectivity index (χ1n) is 8.15. The summed E-state index contributed by atoms with van der Waals surface area (Å²) in [5.74, 6) is 0. The van der Waals surface area contributed by atoms with Gasteiger partial charge in [-0.2, -0.15) is 0 Å². The van der Waals surface area contributed by atoms with E-state index in [-0.39, 0.29) is 7.92 Å². The Bertz CT molecular complexity index is 366. The third-order valence-electron chi connectivity index (χ3n) is 4.44. The largest absolute Gasteiger partial charge is 0.0719 e. The highest BCUT2D eigenvalue weighted by Crippen LogP contribution is 2.48. The third-order valence-corrected chi connectivity index (χ3v) is 7.76. The summed E-state index contributed by atoms with van der Waals surface area (Å²) in [5, 5.41) is 1.71. The van der Waals surface area contributed by atoms with Crippen molar-refractivity contribution in [1.82, 2.24) is 0 Å². The van der Waals surface area contributed by atoms with E-state index < -0.39 is 0 Å². The van der Waals surface area contributed by atoms with E-state index in [2.05, 4.69) is 38.1 Å².